The van der Waals surface area contributed by atoms with Crippen LogP contribution < -0.4 is 10.2 Å². The van der Waals surface area contributed by atoms with Gasteiger partial charge in [0.15, 0.2) is 5.82 Å². The Morgan fingerprint density at radius 2 is 1.72 bits per heavy atom. The fraction of sp³-hybridized carbons (Fsp3) is 0.263. The van der Waals surface area contributed by atoms with Crippen LogP contribution in [0.2, 0.25) is 0 Å². The Morgan fingerprint density at radius 3 is 2.52 bits per heavy atom. The number of aromatic nitrogens is 4. The third-order valence-electron chi connectivity index (χ3n) is 3.94. The summed E-state index contributed by atoms with van der Waals surface area (Å²) in [5, 5.41) is 11.5. The van der Waals surface area contributed by atoms with Crippen molar-refractivity contribution in [1.29, 1.82) is 0 Å². The molecule has 0 aliphatic carbocycles. The highest BCUT2D eigenvalue weighted by molar-refractivity contribution is 5.38. The highest BCUT2D eigenvalue weighted by Gasteiger charge is 2.06. The van der Waals surface area contributed by atoms with Crippen LogP contribution in [0.25, 0.3) is 0 Å². The summed E-state index contributed by atoms with van der Waals surface area (Å²) in [5.41, 5.74) is 2.54. The van der Waals surface area contributed by atoms with Crippen LogP contribution in [-0.4, -0.2) is 40.3 Å². The monoisotopic (exact) mass is 334 g/mol. The van der Waals surface area contributed by atoms with E-state index in [0.717, 1.165) is 31.7 Å². The molecule has 0 aliphatic rings. The van der Waals surface area contributed by atoms with Crippen molar-refractivity contribution in [3.8, 4) is 0 Å². The standard InChI is InChI=1S/C19H22N6/c1-25(14-10-17-7-11-20-12-8-17)19-23-18(15-22-24-19)21-13-9-16-5-3-2-4-6-16/h2-8,11-12,15H,9-10,13-14H2,1H3,(H,21,23,24). The molecule has 1 N–H and O–H groups in total. The summed E-state index contributed by atoms with van der Waals surface area (Å²) in [7, 11) is 1.98. The first-order valence-electron chi connectivity index (χ1n) is 8.39. The molecule has 6 nitrogen and oxygen atoms in total. The minimum absolute atomic E-state index is 0.624. The maximum absolute atomic E-state index is 4.54. The second kappa shape index (κ2) is 8.73. The highest BCUT2D eigenvalue weighted by Crippen LogP contribution is 2.09. The molecule has 0 saturated heterocycles. The number of nitrogens with zero attached hydrogens (tertiary/aromatic N) is 5. The Kier molecular flexibility index (Phi) is 5.87. The van der Waals surface area contributed by atoms with E-state index in [1.165, 1.54) is 11.1 Å². The number of benzene rings is 1. The summed E-state index contributed by atoms with van der Waals surface area (Å²) in [6.07, 6.45) is 7.13. The van der Waals surface area contributed by atoms with E-state index in [2.05, 4.69) is 49.7 Å². The molecule has 1 aromatic carbocycles. The molecule has 0 unspecified atom stereocenters. The predicted molar refractivity (Wildman–Crippen MR) is 99.7 cm³/mol. The molecule has 2 aromatic heterocycles. The molecule has 0 atom stereocenters. The average Bonchev–Trinajstić information content (AvgIpc) is 2.68. The normalized spacial score (nSPS) is 10.4. The van der Waals surface area contributed by atoms with Gasteiger partial charge in [0.05, 0.1) is 6.20 Å². The Balaban J connectivity index is 1.51. The van der Waals surface area contributed by atoms with Crippen LogP contribution >= 0.6 is 0 Å². The Labute approximate surface area is 148 Å². The number of pyridine rings is 1. The lowest BCUT2D eigenvalue weighted by Gasteiger charge is -2.17. The average molecular weight is 334 g/mol. The van der Waals surface area contributed by atoms with Gasteiger partial charge in [-0.3, -0.25) is 4.98 Å². The Morgan fingerprint density at radius 1 is 0.960 bits per heavy atom. The van der Waals surface area contributed by atoms with Crippen LogP contribution in [0, 0.1) is 0 Å². The first kappa shape index (κ1) is 16.8. The lowest BCUT2D eigenvalue weighted by molar-refractivity contribution is 0.809. The van der Waals surface area contributed by atoms with Crippen LogP contribution in [0.1, 0.15) is 11.1 Å². The second-order valence-corrected chi connectivity index (χ2v) is 5.83. The van der Waals surface area contributed by atoms with Crippen LogP contribution in [0.5, 0.6) is 0 Å². The van der Waals surface area contributed by atoms with Crippen molar-refractivity contribution in [3.05, 3.63) is 72.2 Å². The van der Waals surface area contributed by atoms with Gasteiger partial charge in [-0.05, 0) is 36.1 Å². The number of anilines is 2. The lowest BCUT2D eigenvalue weighted by Crippen LogP contribution is -2.23. The van der Waals surface area contributed by atoms with E-state index in [9.17, 15) is 0 Å². The van der Waals surface area contributed by atoms with E-state index in [4.69, 9.17) is 0 Å². The topological polar surface area (TPSA) is 66.8 Å². The molecule has 3 aromatic rings. The van der Waals surface area contributed by atoms with Crippen LogP contribution in [0.3, 0.4) is 0 Å². The van der Waals surface area contributed by atoms with Gasteiger partial charge in [-0.15, -0.1) is 5.10 Å². The third-order valence-corrected chi connectivity index (χ3v) is 3.94. The molecule has 2 heterocycles. The zero-order chi connectivity index (χ0) is 17.3. The van der Waals surface area contributed by atoms with Crippen molar-refractivity contribution in [2.45, 2.75) is 12.8 Å². The SMILES string of the molecule is CN(CCc1ccncc1)c1nncc(NCCc2ccccc2)n1. The molecule has 128 valence electrons. The smallest absolute Gasteiger partial charge is 0.247 e. The minimum Gasteiger partial charge on any atom is -0.368 e. The Hall–Kier alpha value is -3.02. The van der Waals surface area contributed by atoms with Gasteiger partial charge in [0, 0.05) is 32.5 Å². The zero-order valence-corrected chi connectivity index (χ0v) is 14.3. The van der Waals surface area contributed by atoms with Gasteiger partial charge in [-0.2, -0.15) is 10.1 Å². The van der Waals surface area contributed by atoms with Gasteiger partial charge in [0.25, 0.3) is 0 Å². The molecule has 0 radical (unpaired) electrons. The van der Waals surface area contributed by atoms with E-state index in [1.807, 2.05) is 42.5 Å². The third kappa shape index (κ3) is 5.24. The molecule has 0 aliphatic heterocycles. The van der Waals surface area contributed by atoms with E-state index in [1.54, 1.807) is 6.20 Å². The fourth-order valence-electron chi connectivity index (χ4n) is 2.47. The lowest BCUT2D eigenvalue weighted by atomic mass is 10.1. The van der Waals surface area contributed by atoms with E-state index in [-0.39, 0.29) is 0 Å². The number of rotatable bonds is 8. The molecule has 0 fully saturated rings. The second-order valence-electron chi connectivity index (χ2n) is 5.83. The van der Waals surface area contributed by atoms with E-state index >= 15 is 0 Å². The quantitative estimate of drug-likeness (QED) is 0.683. The van der Waals surface area contributed by atoms with E-state index < -0.39 is 0 Å². The summed E-state index contributed by atoms with van der Waals surface area (Å²) < 4.78 is 0. The number of likely N-dealkylation sites (N-methyl/N-ethyl adjacent to an activating group) is 1. The van der Waals surface area contributed by atoms with E-state index in [0.29, 0.717) is 5.95 Å². The van der Waals surface area contributed by atoms with Crippen molar-refractivity contribution in [1.82, 2.24) is 20.2 Å². The van der Waals surface area contributed by atoms with Crippen LogP contribution in [-0.2, 0) is 12.8 Å². The number of hydrogen-bond acceptors (Lipinski definition) is 6. The van der Waals surface area contributed by atoms with Crippen molar-refractivity contribution in [2.75, 3.05) is 30.4 Å². The maximum Gasteiger partial charge on any atom is 0.247 e. The van der Waals surface area contributed by atoms with Gasteiger partial charge in [0.1, 0.15) is 0 Å². The molecule has 0 bridgehead atoms. The fourth-order valence-corrected chi connectivity index (χ4v) is 2.47. The van der Waals surface area contributed by atoms with Crippen molar-refractivity contribution >= 4 is 11.8 Å². The summed E-state index contributed by atoms with van der Waals surface area (Å²) >= 11 is 0. The van der Waals surface area contributed by atoms with Crippen LogP contribution in [0.4, 0.5) is 11.8 Å². The van der Waals surface area contributed by atoms with Gasteiger partial charge in [0.2, 0.25) is 5.95 Å². The molecule has 25 heavy (non-hydrogen) atoms. The minimum atomic E-state index is 0.624. The summed E-state index contributed by atoms with van der Waals surface area (Å²) in [5.74, 6) is 1.37. The molecule has 0 amide bonds. The van der Waals surface area contributed by atoms with Crippen molar-refractivity contribution in [2.24, 2.45) is 0 Å². The van der Waals surface area contributed by atoms with Crippen molar-refractivity contribution < 1.29 is 0 Å². The molecule has 3 rings (SSSR count). The first-order valence-corrected chi connectivity index (χ1v) is 8.39. The molecular formula is C19H22N6. The molecule has 6 heteroatoms. The molecule has 0 spiro atoms. The van der Waals surface area contributed by atoms with Gasteiger partial charge >= 0.3 is 0 Å². The van der Waals surface area contributed by atoms with Gasteiger partial charge in [-0.1, -0.05) is 30.3 Å². The molecular weight excluding hydrogens is 312 g/mol. The van der Waals surface area contributed by atoms with Gasteiger partial charge in [-0.25, -0.2) is 0 Å². The molecule has 0 saturated carbocycles. The van der Waals surface area contributed by atoms with Crippen LogP contribution in [0.15, 0.2) is 61.1 Å². The van der Waals surface area contributed by atoms with Crippen molar-refractivity contribution in [3.63, 3.8) is 0 Å². The number of nitrogens with one attached hydrogen (secondary N) is 1. The van der Waals surface area contributed by atoms with Gasteiger partial charge < -0.3 is 10.2 Å². The largest absolute Gasteiger partial charge is 0.368 e. The predicted octanol–water partition coefficient (Wildman–Crippen LogP) is 2.60. The Bertz CT molecular complexity index is 763. The summed E-state index contributed by atoms with van der Waals surface area (Å²) in [4.78, 5) is 10.6. The maximum atomic E-state index is 4.54. The highest BCUT2D eigenvalue weighted by atomic mass is 15.3. The number of hydrogen-bond donors (Lipinski definition) is 1. The summed E-state index contributed by atoms with van der Waals surface area (Å²) in [6, 6.07) is 14.4. The zero-order valence-electron chi connectivity index (χ0n) is 14.3. The first-order chi connectivity index (χ1) is 12.3. The summed E-state index contributed by atoms with van der Waals surface area (Å²) in [6.45, 7) is 1.63.